The Labute approximate surface area is 139 Å². The van der Waals surface area contributed by atoms with Crippen molar-refractivity contribution in [2.24, 2.45) is 0 Å². The van der Waals surface area contributed by atoms with Gasteiger partial charge in [0, 0.05) is 17.5 Å². The van der Waals surface area contributed by atoms with Gasteiger partial charge >= 0.3 is 0 Å². The van der Waals surface area contributed by atoms with Crippen LogP contribution >= 0.6 is 0 Å². The SMILES string of the molecule is CCCCCCC#Cc1cc2ccccc2n1-c1ccccc1. The third-order valence-electron chi connectivity index (χ3n) is 4.10. The van der Waals surface area contributed by atoms with Crippen molar-refractivity contribution in [2.75, 3.05) is 0 Å². The molecule has 3 rings (SSSR count). The van der Waals surface area contributed by atoms with Gasteiger partial charge in [0.1, 0.15) is 0 Å². The second-order valence-electron chi connectivity index (χ2n) is 5.87. The average Bonchev–Trinajstić information content (AvgIpc) is 2.97. The van der Waals surface area contributed by atoms with Crippen LogP contribution < -0.4 is 0 Å². The first-order valence-electron chi connectivity index (χ1n) is 8.55. The molecule has 0 unspecified atom stereocenters. The van der Waals surface area contributed by atoms with Crippen molar-refractivity contribution in [2.45, 2.75) is 39.0 Å². The first-order valence-corrected chi connectivity index (χ1v) is 8.55. The molecule has 1 nitrogen and oxygen atoms in total. The van der Waals surface area contributed by atoms with Gasteiger partial charge in [-0.05, 0) is 36.6 Å². The molecule has 0 spiro atoms. The highest BCUT2D eigenvalue weighted by Crippen LogP contribution is 2.23. The van der Waals surface area contributed by atoms with Gasteiger partial charge in [-0.1, -0.05) is 68.5 Å². The fraction of sp³-hybridized carbons (Fsp3) is 0.273. The highest BCUT2D eigenvalue weighted by atomic mass is 15.0. The lowest BCUT2D eigenvalue weighted by molar-refractivity contribution is 0.679. The van der Waals surface area contributed by atoms with Gasteiger partial charge in [0.05, 0.1) is 11.2 Å². The van der Waals surface area contributed by atoms with Gasteiger partial charge in [-0.25, -0.2) is 0 Å². The van der Waals surface area contributed by atoms with E-state index in [1.54, 1.807) is 0 Å². The fourth-order valence-corrected chi connectivity index (χ4v) is 2.90. The summed E-state index contributed by atoms with van der Waals surface area (Å²) in [7, 11) is 0. The summed E-state index contributed by atoms with van der Waals surface area (Å²) in [6.45, 7) is 2.24. The van der Waals surface area contributed by atoms with E-state index < -0.39 is 0 Å². The number of fused-ring (bicyclic) bond motifs is 1. The molecule has 0 amide bonds. The Morgan fingerprint density at radius 2 is 1.65 bits per heavy atom. The largest absolute Gasteiger partial charge is 0.303 e. The number of unbranched alkanes of at least 4 members (excludes halogenated alkanes) is 4. The van der Waals surface area contributed by atoms with Gasteiger partial charge in [-0.3, -0.25) is 0 Å². The first-order chi connectivity index (χ1) is 11.4. The second kappa shape index (κ2) is 7.70. The van der Waals surface area contributed by atoms with E-state index in [9.17, 15) is 0 Å². The molecule has 0 aliphatic carbocycles. The lowest BCUT2D eigenvalue weighted by Gasteiger charge is -2.07. The predicted molar refractivity (Wildman–Crippen MR) is 98.9 cm³/mol. The molecule has 0 saturated carbocycles. The van der Waals surface area contributed by atoms with Crippen LogP contribution in [0.15, 0.2) is 60.7 Å². The van der Waals surface area contributed by atoms with Crippen LogP contribution in [-0.2, 0) is 0 Å². The van der Waals surface area contributed by atoms with Crippen molar-refractivity contribution in [1.29, 1.82) is 0 Å². The maximum atomic E-state index is 3.39. The van der Waals surface area contributed by atoms with Crippen LogP contribution in [0, 0.1) is 11.8 Å². The topological polar surface area (TPSA) is 4.93 Å². The van der Waals surface area contributed by atoms with Crippen LogP contribution in [0.3, 0.4) is 0 Å². The van der Waals surface area contributed by atoms with Crippen molar-refractivity contribution in [3.8, 4) is 17.5 Å². The Balaban J connectivity index is 1.92. The van der Waals surface area contributed by atoms with E-state index in [1.165, 1.54) is 42.3 Å². The van der Waals surface area contributed by atoms with Gasteiger partial charge in [0.2, 0.25) is 0 Å². The minimum Gasteiger partial charge on any atom is -0.303 e. The zero-order valence-corrected chi connectivity index (χ0v) is 13.8. The maximum absolute atomic E-state index is 3.39. The molecule has 116 valence electrons. The van der Waals surface area contributed by atoms with Crippen LogP contribution in [0.2, 0.25) is 0 Å². The average molecular weight is 301 g/mol. The summed E-state index contributed by atoms with van der Waals surface area (Å²) in [5.74, 6) is 6.75. The van der Waals surface area contributed by atoms with Gasteiger partial charge in [0.25, 0.3) is 0 Å². The lowest BCUT2D eigenvalue weighted by atomic mass is 10.1. The Kier molecular flexibility index (Phi) is 5.17. The Hall–Kier alpha value is -2.46. The van der Waals surface area contributed by atoms with Crippen LogP contribution in [0.25, 0.3) is 16.6 Å². The second-order valence-corrected chi connectivity index (χ2v) is 5.87. The van der Waals surface area contributed by atoms with E-state index in [4.69, 9.17) is 0 Å². The molecule has 0 saturated heterocycles. The monoisotopic (exact) mass is 301 g/mol. The van der Waals surface area contributed by atoms with E-state index >= 15 is 0 Å². The highest BCUT2D eigenvalue weighted by Gasteiger charge is 2.07. The summed E-state index contributed by atoms with van der Waals surface area (Å²) < 4.78 is 2.26. The predicted octanol–water partition coefficient (Wildman–Crippen LogP) is 5.95. The first kappa shape index (κ1) is 15.4. The number of benzene rings is 2. The molecule has 0 radical (unpaired) electrons. The Bertz CT molecular complexity index is 815. The Morgan fingerprint density at radius 1 is 0.870 bits per heavy atom. The van der Waals surface area contributed by atoms with Crippen molar-refractivity contribution in [1.82, 2.24) is 4.57 Å². The quantitative estimate of drug-likeness (QED) is 0.405. The molecule has 0 aliphatic heterocycles. The number of nitrogens with zero attached hydrogens (tertiary/aromatic N) is 1. The smallest absolute Gasteiger partial charge is 0.0976 e. The summed E-state index contributed by atoms with van der Waals surface area (Å²) in [6.07, 6.45) is 6.05. The number of para-hydroxylation sites is 2. The highest BCUT2D eigenvalue weighted by molar-refractivity contribution is 5.84. The molecule has 0 N–H and O–H groups in total. The van der Waals surface area contributed by atoms with Crippen molar-refractivity contribution >= 4 is 10.9 Å². The molecular formula is C22H23N. The molecule has 0 bridgehead atoms. The normalized spacial score (nSPS) is 10.5. The maximum Gasteiger partial charge on any atom is 0.0976 e. The summed E-state index contributed by atoms with van der Waals surface area (Å²) in [5.41, 5.74) is 3.46. The van der Waals surface area contributed by atoms with E-state index in [0.29, 0.717) is 0 Å². The van der Waals surface area contributed by atoms with Crippen LogP contribution in [0.5, 0.6) is 0 Å². The van der Waals surface area contributed by atoms with Gasteiger partial charge in [-0.2, -0.15) is 0 Å². The van der Waals surface area contributed by atoms with E-state index in [-0.39, 0.29) is 0 Å². The number of hydrogen-bond acceptors (Lipinski definition) is 0. The van der Waals surface area contributed by atoms with Gasteiger partial charge in [0.15, 0.2) is 0 Å². The number of hydrogen-bond donors (Lipinski definition) is 0. The lowest BCUT2D eigenvalue weighted by Crippen LogP contribution is -1.96. The molecule has 1 heterocycles. The zero-order valence-electron chi connectivity index (χ0n) is 13.8. The molecular weight excluding hydrogens is 278 g/mol. The molecule has 23 heavy (non-hydrogen) atoms. The van der Waals surface area contributed by atoms with Gasteiger partial charge < -0.3 is 4.57 Å². The van der Waals surface area contributed by atoms with Crippen molar-refractivity contribution in [3.05, 3.63) is 66.4 Å². The third kappa shape index (κ3) is 3.66. The molecule has 0 atom stereocenters. The van der Waals surface area contributed by atoms with Crippen LogP contribution in [0.4, 0.5) is 0 Å². The van der Waals surface area contributed by atoms with E-state index in [2.05, 4.69) is 77.9 Å². The van der Waals surface area contributed by atoms with E-state index in [1.807, 2.05) is 6.07 Å². The standard InChI is InChI=1S/C22H23N/c1-2-3-4-5-6-8-16-21-18-19-13-11-12-17-22(19)23(21)20-14-9-7-10-15-20/h7,9-15,17-18H,2-6H2,1H3. The Morgan fingerprint density at radius 3 is 2.48 bits per heavy atom. The molecule has 1 heteroatoms. The minimum absolute atomic E-state index is 0.982. The summed E-state index contributed by atoms with van der Waals surface area (Å²) >= 11 is 0. The summed E-state index contributed by atoms with van der Waals surface area (Å²) in [6, 6.07) is 21.2. The van der Waals surface area contributed by atoms with Crippen molar-refractivity contribution in [3.63, 3.8) is 0 Å². The molecule has 0 aliphatic rings. The number of rotatable bonds is 5. The minimum atomic E-state index is 0.982. The zero-order chi connectivity index (χ0) is 15.9. The van der Waals surface area contributed by atoms with Crippen LogP contribution in [0.1, 0.15) is 44.7 Å². The van der Waals surface area contributed by atoms with E-state index in [0.717, 1.165) is 12.1 Å². The summed E-state index contributed by atoms with van der Waals surface area (Å²) in [5, 5.41) is 1.24. The number of aromatic nitrogens is 1. The third-order valence-corrected chi connectivity index (χ3v) is 4.10. The molecule has 1 aromatic heterocycles. The van der Waals surface area contributed by atoms with Crippen LogP contribution in [-0.4, -0.2) is 4.57 Å². The fourth-order valence-electron chi connectivity index (χ4n) is 2.90. The molecule has 2 aromatic carbocycles. The van der Waals surface area contributed by atoms with Crippen molar-refractivity contribution < 1.29 is 0 Å². The summed E-state index contributed by atoms with van der Waals surface area (Å²) in [4.78, 5) is 0. The van der Waals surface area contributed by atoms with Gasteiger partial charge in [-0.15, -0.1) is 0 Å². The molecule has 0 fully saturated rings. The molecule has 3 aromatic rings.